The van der Waals surface area contributed by atoms with Crippen molar-refractivity contribution in [3.63, 3.8) is 0 Å². The fourth-order valence-electron chi connectivity index (χ4n) is 4.28. The summed E-state index contributed by atoms with van der Waals surface area (Å²) < 4.78 is 0. The number of nitrogens with zero attached hydrogens (tertiary/aromatic N) is 1. The minimum Gasteiger partial charge on any atom is -0.481 e. The van der Waals surface area contributed by atoms with Crippen molar-refractivity contribution in [1.82, 2.24) is 20.9 Å². The number of aliphatic carboxylic acids is 2. The van der Waals surface area contributed by atoms with Crippen LogP contribution in [-0.2, 0) is 35.2 Å². The third-order valence-corrected chi connectivity index (χ3v) is 6.61. The third-order valence-electron chi connectivity index (χ3n) is 6.61. The first kappa shape index (κ1) is 35.0. The number of guanidine groups is 1. The summed E-state index contributed by atoms with van der Waals surface area (Å²) in [4.78, 5) is 80.4. The molecular weight excluding hydrogens is 578 g/mol. The number of carbonyl (C=O) groups excluding carboxylic acids is 4. The van der Waals surface area contributed by atoms with Crippen LogP contribution >= 0.6 is 0 Å². The number of aliphatic imine (C=N–C) groups is 1. The Morgan fingerprint density at radius 2 is 1.45 bits per heavy atom. The van der Waals surface area contributed by atoms with Gasteiger partial charge in [0.1, 0.15) is 18.1 Å². The fourth-order valence-corrected chi connectivity index (χ4v) is 4.28. The molecule has 0 bridgehead atoms. The average Bonchev–Trinajstić information content (AvgIpc) is 3.37. The topological polar surface area (TPSA) is 311 Å². The molecule has 0 saturated carbocycles. The van der Waals surface area contributed by atoms with Gasteiger partial charge < -0.3 is 54.1 Å². The lowest BCUT2D eigenvalue weighted by Crippen LogP contribution is -2.57. The van der Waals surface area contributed by atoms with Gasteiger partial charge in [0.15, 0.2) is 5.96 Å². The number of primary amides is 1. The number of aromatic amines is 1. The maximum absolute atomic E-state index is 13.6. The van der Waals surface area contributed by atoms with E-state index in [-0.39, 0.29) is 44.6 Å². The Morgan fingerprint density at radius 3 is 2.09 bits per heavy atom. The first-order valence-corrected chi connectivity index (χ1v) is 13.8. The molecule has 2 aromatic rings. The average molecular weight is 618 g/mol. The maximum Gasteiger partial charge on any atom is 0.326 e. The molecule has 1 aromatic carbocycles. The van der Waals surface area contributed by atoms with E-state index in [0.29, 0.717) is 5.56 Å². The SMILES string of the molecule is NC(=O)CCC(N)C(=O)NC(Cc1c[nH]c2ccccc12)C(=O)NC(CCCN=C(N)N)C(=O)NC(CCC(=O)O)C(=O)O. The van der Waals surface area contributed by atoms with Crippen molar-refractivity contribution in [3.8, 4) is 0 Å². The van der Waals surface area contributed by atoms with Gasteiger partial charge in [-0.05, 0) is 37.3 Å². The van der Waals surface area contributed by atoms with Crippen LogP contribution in [-0.4, -0.2) is 87.4 Å². The van der Waals surface area contributed by atoms with Crippen LogP contribution in [0.1, 0.15) is 44.1 Å². The zero-order valence-corrected chi connectivity index (χ0v) is 24.0. The van der Waals surface area contributed by atoms with Gasteiger partial charge in [0.25, 0.3) is 0 Å². The number of nitrogens with two attached hydrogens (primary N) is 4. The van der Waals surface area contributed by atoms with Gasteiger partial charge in [-0.2, -0.15) is 0 Å². The zero-order valence-electron chi connectivity index (χ0n) is 24.0. The number of nitrogens with one attached hydrogen (secondary N) is 4. The van der Waals surface area contributed by atoms with Crippen molar-refractivity contribution in [1.29, 1.82) is 0 Å². The van der Waals surface area contributed by atoms with Crippen LogP contribution in [0.4, 0.5) is 0 Å². The predicted molar refractivity (Wildman–Crippen MR) is 159 cm³/mol. The third kappa shape index (κ3) is 11.6. The van der Waals surface area contributed by atoms with Crippen molar-refractivity contribution in [2.75, 3.05) is 6.54 Å². The first-order chi connectivity index (χ1) is 20.8. The van der Waals surface area contributed by atoms with E-state index in [1.54, 1.807) is 12.3 Å². The van der Waals surface area contributed by atoms with Crippen LogP contribution in [0.3, 0.4) is 0 Å². The number of carboxylic acids is 2. The lowest BCUT2D eigenvalue weighted by molar-refractivity contribution is -0.143. The number of aromatic nitrogens is 1. The van der Waals surface area contributed by atoms with E-state index in [1.807, 2.05) is 18.2 Å². The summed E-state index contributed by atoms with van der Waals surface area (Å²) in [7, 11) is 0. The number of rotatable bonds is 19. The minimum atomic E-state index is -1.54. The number of hydrogen-bond acceptors (Lipinski definition) is 8. The molecule has 44 heavy (non-hydrogen) atoms. The molecule has 0 radical (unpaired) electrons. The van der Waals surface area contributed by atoms with Crippen molar-refractivity contribution in [2.45, 2.75) is 69.1 Å². The second-order valence-electron chi connectivity index (χ2n) is 10.1. The molecule has 14 N–H and O–H groups in total. The van der Waals surface area contributed by atoms with Gasteiger partial charge in [0.05, 0.1) is 6.04 Å². The molecule has 1 aromatic heterocycles. The summed E-state index contributed by atoms with van der Waals surface area (Å²) >= 11 is 0. The van der Waals surface area contributed by atoms with Crippen molar-refractivity contribution >= 4 is 52.4 Å². The van der Waals surface area contributed by atoms with Gasteiger partial charge >= 0.3 is 11.9 Å². The van der Waals surface area contributed by atoms with Crippen LogP contribution in [0.2, 0.25) is 0 Å². The number of carboxylic acid groups (broad SMARTS) is 2. The second-order valence-corrected chi connectivity index (χ2v) is 10.1. The normalized spacial score (nSPS) is 13.6. The standard InChI is InChI=1S/C27H39N9O8/c28-16(7-9-21(29)37)23(40)36-20(12-14-13-33-17-5-2-1-4-15(14)17)25(42)34-18(6-3-11-32-27(30)31)24(41)35-19(26(43)44)8-10-22(38)39/h1-2,4-5,13,16,18-20,33H,3,6-12,28H2,(H2,29,37)(H,34,42)(H,35,41)(H,36,40)(H,38,39)(H,43,44)(H4,30,31,32). The summed E-state index contributed by atoms with van der Waals surface area (Å²) in [6.45, 7) is 0.0909. The van der Waals surface area contributed by atoms with Gasteiger partial charge in [-0.3, -0.25) is 29.0 Å². The Hall–Kier alpha value is -5.19. The largest absolute Gasteiger partial charge is 0.481 e. The number of para-hydroxylation sites is 1. The Morgan fingerprint density at radius 1 is 0.818 bits per heavy atom. The van der Waals surface area contributed by atoms with E-state index in [9.17, 15) is 33.9 Å². The smallest absolute Gasteiger partial charge is 0.326 e. The molecule has 0 aliphatic rings. The number of amides is 4. The molecule has 4 atom stereocenters. The lowest BCUT2D eigenvalue weighted by Gasteiger charge is -2.25. The van der Waals surface area contributed by atoms with Gasteiger partial charge in [0, 0.05) is 42.9 Å². The molecule has 17 heteroatoms. The maximum atomic E-state index is 13.6. The quantitative estimate of drug-likeness (QED) is 0.0456. The Labute approximate surface area is 252 Å². The van der Waals surface area contributed by atoms with Gasteiger partial charge in [0.2, 0.25) is 23.6 Å². The van der Waals surface area contributed by atoms with Crippen LogP contribution in [0.5, 0.6) is 0 Å². The summed E-state index contributed by atoms with van der Waals surface area (Å²) in [5, 5.41) is 26.6. The summed E-state index contributed by atoms with van der Waals surface area (Å²) in [5.74, 6) is -5.97. The molecular formula is C27H39N9O8. The minimum absolute atomic E-state index is 0.0250. The van der Waals surface area contributed by atoms with E-state index in [2.05, 4.69) is 25.9 Å². The number of benzene rings is 1. The highest BCUT2D eigenvalue weighted by molar-refractivity contribution is 5.95. The van der Waals surface area contributed by atoms with E-state index in [4.69, 9.17) is 28.0 Å². The summed E-state index contributed by atoms with van der Waals surface area (Å²) in [6.07, 6.45) is 0.670. The van der Waals surface area contributed by atoms with Crippen LogP contribution in [0, 0.1) is 0 Å². The van der Waals surface area contributed by atoms with E-state index in [1.165, 1.54) is 0 Å². The van der Waals surface area contributed by atoms with Crippen molar-refractivity contribution in [2.24, 2.45) is 27.9 Å². The first-order valence-electron chi connectivity index (χ1n) is 13.8. The number of hydrogen-bond donors (Lipinski definition) is 10. The highest BCUT2D eigenvalue weighted by Gasteiger charge is 2.31. The molecule has 4 amide bonds. The molecule has 17 nitrogen and oxygen atoms in total. The molecule has 0 fully saturated rings. The Bertz CT molecular complexity index is 1370. The fraction of sp³-hybridized carbons (Fsp3) is 0.444. The number of H-pyrrole nitrogens is 1. The van der Waals surface area contributed by atoms with E-state index in [0.717, 1.165) is 10.9 Å². The predicted octanol–water partition coefficient (Wildman–Crippen LogP) is -2.24. The van der Waals surface area contributed by atoms with E-state index < -0.39 is 72.6 Å². The molecule has 2 rings (SSSR count). The highest BCUT2D eigenvalue weighted by atomic mass is 16.4. The molecule has 0 spiro atoms. The van der Waals surface area contributed by atoms with Crippen LogP contribution < -0.4 is 38.9 Å². The van der Waals surface area contributed by atoms with Crippen LogP contribution in [0.15, 0.2) is 35.5 Å². The molecule has 1 heterocycles. The number of carbonyl (C=O) groups is 6. The highest BCUT2D eigenvalue weighted by Crippen LogP contribution is 2.19. The summed E-state index contributed by atoms with van der Waals surface area (Å²) in [6, 6.07) is 1.99. The summed E-state index contributed by atoms with van der Waals surface area (Å²) in [5.41, 5.74) is 23.2. The van der Waals surface area contributed by atoms with Gasteiger partial charge in [-0.1, -0.05) is 18.2 Å². The van der Waals surface area contributed by atoms with Gasteiger partial charge in [-0.25, -0.2) is 4.79 Å². The molecule has 0 saturated heterocycles. The Kier molecular flexibility index (Phi) is 13.6. The Balaban J connectivity index is 2.32. The molecule has 0 aliphatic heterocycles. The number of fused-ring (bicyclic) bond motifs is 1. The second kappa shape index (κ2) is 17.1. The molecule has 240 valence electrons. The van der Waals surface area contributed by atoms with Crippen molar-refractivity contribution in [3.05, 3.63) is 36.0 Å². The molecule has 4 unspecified atom stereocenters. The van der Waals surface area contributed by atoms with Crippen molar-refractivity contribution < 1.29 is 39.0 Å². The lowest BCUT2D eigenvalue weighted by atomic mass is 10.0. The van der Waals surface area contributed by atoms with E-state index >= 15 is 0 Å². The van der Waals surface area contributed by atoms with Crippen LogP contribution in [0.25, 0.3) is 10.9 Å². The van der Waals surface area contributed by atoms with Gasteiger partial charge in [-0.15, -0.1) is 0 Å². The zero-order chi connectivity index (χ0) is 32.8. The monoisotopic (exact) mass is 617 g/mol. The molecule has 0 aliphatic carbocycles.